The zero-order valence-corrected chi connectivity index (χ0v) is 11.7. The van der Waals surface area contributed by atoms with Crippen molar-refractivity contribution in [2.24, 2.45) is 0 Å². The Kier molecular flexibility index (Phi) is 3.68. The first-order chi connectivity index (χ1) is 8.54. The number of hydrogen-bond donors (Lipinski definition) is 2. The molecule has 0 aliphatic heterocycles. The average molecular weight is 312 g/mol. The molecule has 2 N–H and O–H groups in total. The summed E-state index contributed by atoms with van der Waals surface area (Å²) < 4.78 is 2.63. The summed E-state index contributed by atoms with van der Waals surface area (Å²) in [4.78, 5) is 15.4. The number of carboxylic acids is 1. The summed E-state index contributed by atoms with van der Waals surface area (Å²) in [5.74, 6) is -0.273. The molecule has 0 saturated heterocycles. The predicted octanol–water partition coefficient (Wildman–Crippen LogP) is 1.95. The van der Waals surface area contributed by atoms with Crippen molar-refractivity contribution in [2.45, 2.75) is 19.4 Å². The minimum Gasteiger partial charge on any atom is -0.476 e. The summed E-state index contributed by atoms with van der Waals surface area (Å²) in [7, 11) is 1.87. The number of aromatic nitrogens is 2. The Bertz CT molecular complexity index is 594. The van der Waals surface area contributed by atoms with Gasteiger partial charge in [0.25, 0.3) is 0 Å². The Morgan fingerprint density at radius 3 is 2.94 bits per heavy atom. The third kappa shape index (κ3) is 2.26. The number of rotatable bonds is 4. The lowest BCUT2D eigenvalue weighted by atomic mass is 10.2. The molecule has 6 heteroatoms. The maximum absolute atomic E-state index is 11.2. The quantitative estimate of drug-likeness (QED) is 0.847. The first-order valence-corrected chi connectivity index (χ1v) is 6.40. The summed E-state index contributed by atoms with van der Waals surface area (Å²) >= 11 is 3.43. The van der Waals surface area contributed by atoms with Gasteiger partial charge in [0.05, 0.1) is 10.1 Å². The molecule has 0 aromatic carbocycles. The number of fused-ring (bicyclic) bond motifs is 1. The second kappa shape index (κ2) is 5.07. The molecule has 96 valence electrons. The van der Waals surface area contributed by atoms with E-state index in [2.05, 4.69) is 26.2 Å². The lowest BCUT2D eigenvalue weighted by molar-refractivity contribution is 0.0693. The molecule has 2 aromatic heterocycles. The molecular formula is C12H14BrN3O2. The van der Waals surface area contributed by atoms with Crippen LogP contribution < -0.4 is 5.32 Å². The third-order valence-electron chi connectivity index (χ3n) is 2.87. The van der Waals surface area contributed by atoms with Crippen molar-refractivity contribution in [3.05, 3.63) is 34.3 Å². The van der Waals surface area contributed by atoms with Gasteiger partial charge in [-0.1, -0.05) is 6.07 Å². The van der Waals surface area contributed by atoms with Crippen molar-refractivity contribution >= 4 is 27.4 Å². The zero-order chi connectivity index (χ0) is 13.3. The summed E-state index contributed by atoms with van der Waals surface area (Å²) in [6.07, 6.45) is 0.660. The molecule has 2 rings (SSSR count). The lowest BCUT2D eigenvalue weighted by Gasteiger charge is -2.09. The highest BCUT2D eigenvalue weighted by molar-refractivity contribution is 9.10. The molecule has 18 heavy (non-hydrogen) atoms. The van der Waals surface area contributed by atoms with Crippen LogP contribution in [0.25, 0.3) is 5.52 Å². The van der Waals surface area contributed by atoms with E-state index in [0.29, 0.717) is 11.9 Å². The van der Waals surface area contributed by atoms with E-state index in [0.717, 1.165) is 10.4 Å². The van der Waals surface area contributed by atoms with Gasteiger partial charge < -0.3 is 10.4 Å². The van der Waals surface area contributed by atoms with Gasteiger partial charge >= 0.3 is 5.97 Å². The Morgan fingerprint density at radius 2 is 2.33 bits per heavy atom. The molecule has 0 saturated carbocycles. The molecule has 2 aromatic rings. The number of likely N-dealkylation sites (N-methyl/N-ethyl adjacent to an activating group) is 1. The minimum atomic E-state index is -1.01. The van der Waals surface area contributed by atoms with Gasteiger partial charge in [-0.25, -0.2) is 9.78 Å². The van der Waals surface area contributed by atoms with Gasteiger partial charge in [-0.3, -0.25) is 4.40 Å². The maximum Gasteiger partial charge on any atom is 0.356 e. The number of nitrogens with zero attached hydrogens (tertiary/aromatic N) is 2. The molecule has 0 spiro atoms. The third-order valence-corrected chi connectivity index (χ3v) is 3.49. The van der Waals surface area contributed by atoms with Crippen molar-refractivity contribution in [1.29, 1.82) is 0 Å². The summed E-state index contributed by atoms with van der Waals surface area (Å²) in [5.41, 5.74) is 0.699. The highest BCUT2D eigenvalue weighted by atomic mass is 79.9. The van der Waals surface area contributed by atoms with Crippen LogP contribution in [0.15, 0.2) is 22.8 Å². The van der Waals surface area contributed by atoms with Crippen LogP contribution in [-0.2, 0) is 6.42 Å². The van der Waals surface area contributed by atoms with Crippen LogP contribution in [0.2, 0.25) is 0 Å². The SMILES string of the molecule is CNC(C)Cc1nc(C(=O)O)c2cccc(Br)n12. The Balaban J connectivity index is 2.62. The molecule has 0 fully saturated rings. The van der Waals surface area contributed by atoms with E-state index in [9.17, 15) is 9.90 Å². The molecule has 0 radical (unpaired) electrons. The fraction of sp³-hybridized carbons (Fsp3) is 0.333. The van der Waals surface area contributed by atoms with Crippen LogP contribution in [0.4, 0.5) is 0 Å². The second-order valence-electron chi connectivity index (χ2n) is 4.14. The largest absolute Gasteiger partial charge is 0.476 e. The number of aromatic carboxylic acids is 1. The van der Waals surface area contributed by atoms with Gasteiger partial charge in [0.15, 0.2) is 5.69 Å². The predicted molar refractivity (Wildman–Crippen MR) is 72.1 cm³/mol. The average Bonchev–Trinajstić information content (AvgIpc) is 2.69. The standard InChI is InChI=1S/C12H14BrN3O2/c1-7(14-2)6-10-15-11(12(17)18)8-4-3-5-9(13)16(8)10/h3-5,7,14H,6H2,1-2H3,(H,17,18). The summed E-state index contributed by atoms with van der Waals surface area (Å²) in [5, 5.41) is 12.3. The Labute approximate surface area is 113 Å². The highest BCUT2D eigenvalue weighted by Gasteiger charge is 2.18. The molecule has 1 unspecified atom stereocenters. The first kappa shape index (κ1) is 13.0. The van der Waals surface area contributed by atoms with Gasteiger partial charge in [-0.2, -0.15) is 0 Å². The van der Waals surface area contributed by atoms with Crippen LogP contribution >= 0.6 is 15.9 Å². The number of nitrogens with one attached hydrogen (secondary N) is 1. The summed E-state index contributed by atoms with van der Waals surface area (Å²) in [6.45, 7) is 2.03. The number of carboxylic acid groups (broad SMARTS) is 1. The number of pyridine rings is 1. The minimum absolute atomic E-state index is 0.0922. The fourth-order valence-electron chi connectivity index (χ4n) is 1.84. The van der Waals surface area contributed by atoms with E-state index in [1.807, 2.05) is 24.4 Å². The molecule has 2 heterocycles. The van der Waals surface area contributed by atoms with E-state index in [1.165, 1.54) is 0 Å². The number of carbonyl (C=O) groups is 1. The zero-order valence-electron chi connectivity index (χ0n) is 10.1. The summed E-state index contributed by atoms with van der Waals surface area (Å²) in [6, 6.07) is 5.66. The topological polar surface area (TPSA) is 66.6 Å². The Morgan fingerprint density at radius 1 is 1.61 bits per heavy atom. The van der Waals surface area contributed by atoms with E-state index in [1.54, 1.807) is 12.1 Å². The monoisotopic (exact) mass is 311 g/mol. The Hall–Kier alpha value is -1.40. The van der Waals surface area contributed by atoms with Crippen LogP contribution in [0.1, 0.15) is 23.2 Å². The van der Waals surface area contributed by atoms with Crippen molar-refractivity contribution < 1.29 is 9.90 Å². The molecular weight excluding hydrogens is 298 g/mol. The normalized spacial score (nSPS) is 12.8. The molecule has 0 amide bonds. The van der Waals surface area contributed by atoms with Gasteiger partial charge in [-0.15, -0.1) is 0 Å². The maximum atomic E-state index is 11.2. The highest BCUT2D eigenvalue weighted by Crippen LogP contribution is 2.20. The van der Waals surface area contributed by atoms with Crippen LogP contribution in [-0.4, -0.2) is 33.6 Å². The van der Waals surface area contributed by atoms with Crippen molar-refractivity contribution in [3.63, 3.8) is 0 Å². The number of imidazole rings is 1. The fourth-order valence-corrected chi connectivity index (χ4v) is 2.38. The second-order valence-corrected chi connectivity index (χ2v) is 4.96. The smallest absolute Gasteiger partial charge is 0.356 e. The first-order valence-electron chi connectivity index (χ1n) is 5.61. The van der Waals surface area contributed by atoms with Gasteiger partial charge in [0, 0.05) is 12.5 Å². The van der Waals surface area contributed by atoms with E-state index >= 15 is 0 Å². The van der Waals surface area contributed by atoms with E-state index in [-0.39, 0.29) is 11.7 Å². The van der Waals surface area contributed by atoms with Crippen LogP contribution in [0.5, 0.6) is 0 Å². The van der Waals surface area contributed by atoms with Gasteiger partial charge in [0.1, 0.15) is 5.82 Å². The van der Waals surface area contributed by atoms with Crippen molar-refractivity contribution in [3.8, 4) is 0 Å². The van der Waals surface area contributed by atoms with Gasteiger partial charge in [-0.05, 0) is 42.0 Å². The van der Waals surface area contributed by atoms with Gasteiger partial charge in [0.2, 0.25) is 0 Å². The lowest BCUT2D eigenvalue weighted by Crippen LogP contribution is -2.24. The number of halogens is 1. The molecule has 0 aliphatic carbocycles. The molecule has 5 nitrogen and oxygen atoms in total. The molecule has 0 bridgehead atoms. The van der Waals surface area contributed by atoms with Crippen LogP contribution in [0, 0.1) is 0 Å². The number of hydrogen-bond acceptors (Lipinski definition) is 3. The van der Waals surface area contributed by atoms with E-state index in [4.69, 9.17) is 0 Å². The molecule has 0 aliphatic rings. The molecule has 1 atom stereocenters. The van der Waals surface area contributed by atoms with Crippen LogP contribution in [0.3, 0.4) is 0 Å². The van der Waals surface area contributed by atoms with E-state index < -0.39 is 5.97 Å². The van der Waals surface area contributed by atoms with Crippen molar-refractivity contribution in [2.75, 3.05) is 7.05 Å². The van der Waals surface area contributed by atoms with Crippen molar-refractivity contribution in [1.82, 2.24) is 14.7 Å².